The average Bonchev–Trinajstić information content (AvgIpc) is 2.94. The monoisotopic (exact) mass is 303 g/mol. The van der Waals surface area contributed by atoms with E-state index >= 15 is 0 Å². The minimum atomic E-state index is -0.437. The molecule has 1 aliphatic carbocycles. The summed E-state index contributed by atoms with van der Waals surface area (Å²) in [4.78, 5) is 4.70. The van der Waals surface area contributed by atoms with E-state index in [0.29, 0.717) is 12.6 Å². The van der Waals surface area contributed by atoms with E-state index < -0.39 is 5.82 Å². The van der Waals surface area contributed by atoms with Gasteiger partial charge in [-0.3, -0.25) is 9.80 Å². The zero-order valence-corrected chi connectivity index (χ0v) is 12.7. The average molecular weight is 303 g/mol. The lowest BCUT2D eigenvalue weighted by Crippen LogP contribution is -2.51. The number of aliphatic hydroxyl groups is 1. The first kappa shape index (κ1) is 15.4. The highest BCUT2D eigenvalue weighted by Gasteiger charge is 2.32. The topological polar surface area (TPSA) is 50.5 Å². The first-order valence-electron chi connectivity index (χ1n) is 8.00. The van der Waals surface area contributed by atoms with Crippen LogP contribution in [0.2, 0.25) is 0 Å². The van der Waals surface area contributed by atoms with Crippen molar-refractivity contribution in [1.29, 1.82) is 5.26 Å². The zero-order chi connectivity index (χ0) is 15.5. The van der Waals surface area contributed by atoms with Gasteiger partial charge in [-0.1, -0.05) is 6.07 Å². The molecule has 1 N–H and O–H groups in total. The molecule has 1 saturated carbocycles. The van der Waals surface area contributed by atoms with E-state index in [4.69, 9.17) is 5.26 Å². The fourth-order valence-corrected chi connectivity index (χ4v) is 3.61. The quantitative estimate of drug-likeness (QED) is 0.924. The molecular weight excluding hydrogens is 281 g/mol. The summed E-state index contributed by atoms with van der Waals surface area (Å²) >= 11 is 0. The molecule has 4 nitrogen and oxygen atoms in total. The first-order valence-corrected chi connectivity index (χ1v) is 8.00. The van der Waals surface area contributed by atoms with Crippen LogP contribution in [-0.2, 0) is 6.54 Å². The van der Waals surface area contributed by atoms with Gasteiger partial charge in [0.1, 0.15) is 11.9 Å². The van der Waals surface area contributed by atoms with Gasteiger partial charge in [-0.25, -0.2) is 4.39 Å². The highest BCUT2D eigenvalue weighted by Crippen LogP contribution is 2.25. The van der Waals surface area contributed by atoms with Crippen LogP contribution in [0.25, 0.3) is 0 Å². The number of halogens is 1. The fraction of sp³-hybridized carbons (Fsp3) is 0.588. The van der Waals surface area contributed by atoms with Gasteiger partial charge < -0.3 is 5.11 Å². The third kappa shape index (κ3) is 3.30. The predicted molar refractivity (Wildman–Crippen MR) is 81.6 cm³/mol. The minimum Gasteiger partial charge on any atom is -0.391 e. The van der Waals surface area contributed by atoms with E-state index in [9.17, 15) is 9.50 Å². The second-order valence-electron chi connectivity index (χ2n) is 6.30. The van der Waals surface area contributed by atoms with Crippen molar-refractivity contribution in [2.24, 2.45) is 0 Å². The third-order valence-corrected chi connectivity index (χ3v) is 4.88. The number of rotatable bonds is 3. The van der Waals surface area contributed by atoms with E-state index in [1.54, 1.807) is 6.07 Å². The number of aliphatic hydroxyl groups excluding tert-OH is 1. The summed E-state index contributed by atoms with van der Waals surface area (Å²) in [6.07, 6.45) is 2.98. The van der Waals surface area contributed by atoms with Crippen molar-refractivity contribution in [1.82, 2.24) is 9.80 Å². The number of hydrogen-bond acceptors (Lipinski definition) is 4. The van der Waals surface area contributed by atoms with Crippen molar-refractivity contribution in [2.45, 2.75) is 38.0 Å². The molecule has 2 unspecified atom stereocenters. The van der Waals surface area contributed by atoms with Crippen molar-refractivity contribution in [3.05, 3.63) is 35.1 Å². The molecule has 1 aliphatic heterocycles. The summed E-state index contributed by atoms with van der Waals surface area (Å²) in [7, 11) is 0. The van der Waals surface area contributed by atoms with Gasteiger partial charge in [0.15, 0.2) is 0 Å². The van der Waals surface area contributed by atoms with Gasteiger partial charge in [-0.15, -0.1) is 0 Å². The van der Waals surface area contributed by atoms with Crippen LogP contribution in [0.4, 0.5) is 4.39 Å². The smallest absolute Gasteiger partial charge is 0.141 e. The molecular formula is C17H22FN3O. The van der Waals surface area contributed by atoms with E-state index in [2.05, 4.69) is 9.80 Å². The maximum absolute atomic E-state index is 13.6. The highest BCUT2D eigenvalue weighted by atomic mass is 19.1. The molecule has 1 aromatic carbocycles. The molecule has 1 aromatic rings. The molecule has 1 heterocycles. The van der Waals surface area contributed by atoms with E-state index in [1.165, 1.54) is 6.07 Å². The Hall–Kier alpha value is -1.48. The van der Waals surface area contributed by atoms with Crippen LogP contribution in [0, 0.1) is 17.1 Å². The Morgan fingerprint density at radius 3 is 2.59 bits per heavy atom. The minimum absolute atomic E-state index is 0.101. The largest absolute Gasteiger partial charge is 0.391 e. The van der Waals surface area contributed by atoms with Crippen molar-refractivity contribution >= 4 is 0 Å². The van der Waals surface area contributed by atoms with E-state index in [-0.39, 0.29) is 11.7 Å². The SMILES string of the molecule is N#Cc1ccc(CN2CCN(C3CCCC3O)CC2)cc1F. The molecule has 0 bridgehead atoms. The van der Waals surface area contributed by atoms with Crippen LogP contribution in [0.15, 0.2) is 18.2 Å². The van der Waals surface area contributed by atoms with Crippen LogP contribution in [0.5, 0.6) is 0 Å². The van der Waals surface area contributed by atoms with Crippen LogP contribution >= 0.6 is 0 Å². The molecule has 5 heteroatoms. The Morgan fingerprint density at radius 1 is 1.23 bits per heavy atom. The Balaban J connectivity index is 1.54. The first-order chi connectivity index (χ1) is 10.7. The van der Waals surface area contributed by atoms with Gasteiger partial charge >= 0.3 is 0 Å². The van der Waals surface area contributed by atoms with Crippen molar-refractivity contribution in [2.75, 3.05) is 26.2 Å². The Labute approximate surface area is 130 Å². The zero-order valence-electron chi connectivity index (χ0n) is 12.7. The number of benzene rings is 1. The van der Waals surface area contributed by atoms with Gasteiger partial charge in [0.2, 0.25) is 0 Å². The molecule has 0 radical (unpaired) electrons. The fourth-order valence-electron chi connectivity index (χ4n) is 3.61. The molecule has 1 saturated heterocycles. The summed E-state index contributed by atoms with van der Waals surface area (Å²) in [5, 5.41) is 18.8. The van der Waals surface area contributed by atoms with Gasteiger partial charge in [0.25, 0.3) is 0 Å². The molecule has 0 amide bonds. The number of nitriles is 1. The maximum Gasteiger partial charge on any atom is 0.141 e. The number of nitrogens with zero attached hydrogens (tertiary/aromatic N) is 3. The Morgan fingerprint density at radius 2 is 2.00 bits per heavy atom. The second kappa shape index (κ2) is 6.74. The highest BCUT2D eigenvalue weighted by molar-refractivity contribution is 5.33. The van der Waals surface area contributed by atoms with Gasteiger partial charge in [-0.2, -0.15) is 5.26 Å². The van der Waals surface area contributed by atoms with Crippen LogP contribution in [0.3, 0.4) is 0 Å². The van der Waals surface area contributed by atoms with Crippen LogP contribution in [-0.4, -0.2) is 53.2 Å². The summed E-state index contributed by atoms with van der Waals surface area (Å²) < 4.78 is 13.6. The van der Waals surface area contributed by atoms with Crippen molar-refractivity contribution < 1.29 is 9.50 Å². The molecule has 118 valence electrons. The molecule has 22 heavy (non-hydrogen) atoms. The summed E-state index contributed by atoms with van der Waals surface area (Å²) in [5.74, 6) is -0.437. The van der Waals surface area contributed by atoms with E-state index in [0.717, 1.165) is 51.0 Å². The summed E-state index contributed by atoms with van der Waals surface area (Å²) in [6.45, 7) is 4.50. The lowest BCUT2D eigenvalue weighted by molar-refractivity contribution is 0.0335. The second-order valence-corrected chi connectivity index (χ2v) is 6.30. The van der Waals surface area contributed by atoms with Crippen LogP contribution < -0.4 is 0 Å². The lowest BCUT2D eigenvalue weighted by atomic mass is 10.1. The molecule has 2 fully saturated rings. The molecule has 0 spiro atoms. The Kier molecular flexibility index (Phi) is 4.72. The van der Waals surface area contributed by atoms with Crippen molar-refractivity contribution in [3.8, 4) is 6.07 Å². The predicted octanol–water partition coefficient (Wildman–Crippen LogP) is 1.73. The molecule has 2 aliphatic rings. The van der Waals surface area contributed by atoms with Gasteiger partial charge in [0, 0.05) is 38.8 Å². The molecule has 2 atom stereocenters. The lowest BCUT2D eigenvalue weighted by Gasteiger charge is -2.39. The van der Waals surface area contributed by atoms with Gasteiger partial charge in [0.05, 0.1) is 11.7 Å². The normalized spacial score (nSPS) is 27.0. The van der Waals surface area contributed by atoms with Gasteiger partial charge in [-0.05, 0) is 37.0 Å². The van der Waals surface area contributed by atoms with E-state index in [1.807, 2.05) is 12.1 Å². The Bertz CT molecular complexity index is 564. The van der Waals surface area contributed by atoms with Crippen molar-refractivity contribution in [3.63, 3.8) is 0 Å². The maximum atomic E-state index is 13.6. The van der Waals surface area contributed by atoms with Crippen LogP contribution in [0.1, 0.15) is 30.4 Å². The summed E-state index contributed by atoms with van der Waals surface area (Å²) in [5.41, 5.74) is 1.01. The number of piperazine rings is 1. The third-order valence-electron chi connectivity index (χ3n) is 4.88. The molecule has 3 rings (SSSR count). The number of hydrogen-bond donors (Lipinski definition) is 1. The molecule has 0 aromatic heterocycles. The summed E-state index contributed by atoms with van der Waals surface area (Å²) in [6, 6.07) is 7.02. The standard InChI is InChI=1S/C17H22FN3O/c18-15-10-13(4-5-14(15)11-19)12-20-6-8-21(9-7-20)16-2-1-3-17(16)22/h4-5,10,16-17,22H,1-3,6-9,12H2.